The van der Waals surface area contributed by atoms with Crippen LogP contribution in [0.5, 0.6) is 0 Å². The van der Waals surface area contributed by atoms with Gasteiger partial charge in [-0.3, -0.25) is 0 Å². The number of hydrogen-bond donors (Lipinski definition) is 1. The molecule has 1 aromatic carbocycles. The zero-order valence-corrected chi connectivity index (χ0v) is 12.5. The molecule has 0 spiro atoms. The molecule has 18 heavy (non-hydrogen) atoms. The summed E-state index contributed by atoms with van der Waals surface area (Å²) in [4.78, 5) is 1.31. The smallest absolute Gasteiger partial charge is 0.123 e. The van der Waals surface area contributed by atoms with Gasteiger partial charge in [-0.25, -0.2) is 4.39 Å². The highest BCUT2D eigenvalue weighted by Gasteiger charge is 2.13. The number of halogens is 2. The number of thiophene rings is 1. The fourth-order valence-corrected chi connectivity index (χ4v) is 3.58. The van der Waals surface area contributed by atoms with Gasteiger partial charge in [0.25, 0.3) is 0 Å². The first-order valence-electron chi connectivity index (χ1n) is 5.83. The molecule has 0 radical (unpaired) electrons. The van der Waals surface area contributed by atoms with Crippen LogP contribution in [0.15, 0.2) is 40.2 Å². The van der Waals surface area contributed by atoms with E-state index in [1.807, 2.05) is 13.1 Å². The maximum atomic E-state index is 13.3. The third-order valence-electron chi connectivity index (χ3n) is 2.85. The van der Waals surface area contributed by atoms with Crippen molar-refractivity contribution in [2.75, 3.05) is 13.6 Å². The van der Waals surface area contributed by atoms with Crippen LogP contribution in [0.3, 0.4) is 0 Å². The first kappa shape index (κ1) is 13.7. The van der Waals surface area contributed by atoms with Gasteiger partial charge >= 0.3 is 0 Å². The Kier molecular flexibility index (Phi) is 4.92. The summed E-state index contributed by atoms with van der Waals surface area (Å²) in [7, 11) is 1.93. The van der Waals surface area contributed by atoms with Crippen LogP contribution in [0.25, 0.3) is 0 Å². The molecule has 2 rings (SSSR count). The summed E-state index contributed by atoms with van der Waals surface area (Å²) in [5, 5.41) is 3.18. The summed E-state index contributed by atoms with van der Waals surface area (Å²) < 4.78 is 14.4. The van der Waals surface area contributed by atoms with Crippen molar-refractivity contribution in [3.63, 3.8) is 0 Å². The first-order chi connectivity index (χ1) is 8.69. The van der Waals surface area contributed by atoms with E-state index in [1.165, 1.54) is 10.9 Å². The summed E-state index contributed by atoms with van der Waals surface area (Å²) in [6, 6.07) is 11.1. The van der Waals surface area contributed by atoms with E-state index >= 15 is 0 Å². The van der Waals surface area contributed by atoms with Crippen molar-refractivity contribution >= 4 is 27.3 Å². The predicted molar refractivity (Wildman–Crippen MR) is 78.8 cm³/mol. The summed E-state index contributed by atoms with van der Waals surface area (Å²) in [6.07, 6.45) is 0.931. The highest BCUT2D eigenvalue weighted by molar-refractivity contribution is 9.11. The molecular weight excluding hydrogens is 313 g/mol. The Balaban J connectivity index is 2.17. The van der Waals surface area contributed by atoms with Crippen molar-refractivity contribution in [1.29, 1.82) is 0 Å². The highest BCUT2D eigenvalue weighted by atomic mass is 79.9. The van der Waals surface area contributed by atoms with E-state index in [-0.39, 0.29) is 5.82 Å². The lowest BCUT2D eigenvalue weighted by molar-refractivity contribution is 0.603. The molecule has 1 nitrogen and oxygen atoms in total. The summed E-state index contributed by atoms with van der Waals surface area (Å²) in [5.74, 6) is 0.136. The quantitative estimate of drug-likeness (QED) is 0.868. The summed E-state index contributed by atoms with van der Waals surface area (Å²) in [5.41, 5.74) is 1.05. The topological polar surface area (TPSA) is 12.0 Å². The van der Waals surface area contributed by atoms with E-state index in [0.717, 1.165) is 22.3 Å². The minimum Gasteiger partial charge on any atom is -0.319 e. The maximum Gasteiger partial charge on any atom is 0.123 e. The second kappa shape index (κ2) is 6.45. The normalized spacial score (nSPS) is 12.6. The Labute approximate surface area is 119 Å². The number of likely N-dealkylation sites (N-methyl/N-ethyl adjacent to an activating group) is 1. The molecule has 1 atom stereocenters. The standard InChI is InChI=1S/C14H15BrFNS/c1-17-9-11(8-13-5-6-14(15)18-13)10-3-2-4-12(16)7-10/h2-7,11,17H,8-9H2,1H3. The van der Waals surface area contributed by atoms with Gasteiger partial charge in [0, 0.05) is 17.3 Å². The van der Waals surface area contributed by atoms with E-state index in [4.69, 9.17) is 0 Å². The van der Waals surface area contributed by atoms with Crippen LogP contribution in [0, 0.1) is 5.82 Å². The third kappa shape index (κ3) is 3.64. The highest BCUT2D eigenvalue weighted by Crippen LogP contribution is 2.28. The Morgan fingerprint density at radius 3 is 2.78 bits per heavy atom. The molecule has 0 aliphatic heterocycles. The van der Waals surface area contributed by atoms with Gasteiger partial charge in [-0.05, 0) is 59.2 Å². The third-order valence-corrected chi connectivity index (χ3v) is 4.49. The molecular formula is C14H15BrFNS. The van der Waals surface area contributed by atoms with Crippen molar-refractivity contribution < 1.29 is 4.39 Å². The Morgan fingerprint density at radius 2 is 2.17 bits per heavy atom. The molecule has 0 fully saturated rings. The average molecular weight is 328 g/mol. The number of rotatable bonds is 5. The fourth-order valence-electron chi connectivity index (χ4n) is 2.02. The molecule has 0 aliphatic rings. The monoisotopic (exact) mass is 327 g/mol. The van der Waals surface area contributed by atoms with Crippen molar-refractivity contribution in [3.8, 4) is 0 Å². The molecule has 0 bridgehead atoms. The van der Waals surface area contributed by atoms with Crippen LogP contribution in [0.2, 0.25) is 0 Å². The minimum atomic E-state index is -0.166. The lowest BCUT2D eigenvalue weighted by atomic mass is 9.95. The largest absolute Gasteiger partial charge is 0.319 e. The van der Waals surface area contributed by atoms with Gasteiger partial charge in [0.15, 0.2) is 0 Å². The van der Waals surface area contributed by atoms with Gasteiger partial charge in [-0.2, -0.15) is 0 Å². The van der Waals surface area contributed by atoms with Crippen LogP contribution >= 0.6 is 27.3 Å². The van der Waals surface area contributed by atoms with Crippen molar-refractivity contribution in [1.82, 2.24) is 5.32 Å². The molecule has 0 saturated carbocycles. The van der Waals surface area contributed by atoms with Gasteiger partial charge in [0.2, 0.25) is 0 Å². The van der Waals surface area contributed by atoms with E-state index in [9.17, 15) is 4.39 Å². The molecule has 0 aliphatic carbocycles. The van der Waals surface area contributed by atoms with E-state index in [0.29, 0.717) is 5.92 Å². The lowest BCUT2D eigenvalue weighted by Gasteiger charge is -2.16. The first-order valence-corrected chi connectivity index (χ1v) is 7.44. The molecule has 1 N–H and O–H groups in total. The Morgan fingerprint density at radius 1 is 1.33 bits per heavy atom. The SMILES string of the molecule is CNCC(Cc1ccc(Br)s1)c1cccc(F)c1. The number of hydrogen-bond acceptors (Lipinski definition) is 2. The molecule has 96 valence electrons. The van der Waals surface area contributed by atoms with Crippen molar-refractivity contribution in [2.45, 2.75) is 12.3 Å². The zero-order chi connectivity index (χ0) is 13.0. The Hall–Kier alpha value is -0.710. The summed E-state index contributed by atoms with van der Waals surface area (Å²) in [6.45, 7) is 0.846. The molecule has 1 unspecified atom stereocenters. The van der Waals surface area contributed by atoms with Crippen LogP contribution in [-0.4, -0.2) is 13.6 Å². The zero-order valence-electron chi connectivity index (χ0n) is 10.1. The van der Waals surface area contributed by atoms with Gasteiger partial charge in [-0.15, -0.1) is 11.3 Å². The molecule has 1 aromatic heterocycles. The van der Waals surface area contributed by atoms with Crippen molar-refractivity contribution in [3.05, 3.63) is 56.4 Å². The average Bonchev–Trinajstić information content (AvgIpc) is 2.74. The van der Waals surface area contributed by atoms with Crippen LogP contribution in [0.4, 0.5) is 4.39 Å². The molecule has 4 heteroatoms. The second-order valence-electron chi connectivity index (χ2n) is 4.22. The van der Waals surface area contributed by atoms with Crippen LogP contribution < -0.4 is 5.32 Å². The Bertz CT molecular complexity index is 512. The lowest BCUT2D eigenvalue weighted by Crippen LogP contribution is -2.19. The van der Waals surface area contributed by atoms with Crippen LogP contribution in [-0.2, 0) is 6.42 Å². The van der Waals surface area contributed by atoms with Gasteiger partial charge in [-0.1, -0.05) is 12.1 Å². The van der Waals surface area contributed by atoms with Crippen LogP contribution in [0.1, 0.15) is 16.4 Å². The van der Waals surface area contributed by atoms with Crippen molar-refractivity contribution in [2.24, 2.45) is 0 Å². The fraction of sp³-hybridized carbons (Fsp3) is 0.286. The van der Waals surface area contributed by atoms with Gasteiger partial charge in [0.1, 0.15) is 5.82 Å². The maximum absolute atomic E-state index is 13.3. The predicted octanol–water partition coefficient (Wildman–Crippen LogP) is 4.20. The van der Waals surface area contributed by atoms with E-state index in [2.05, 4.69) is 33.4 Å². The molecule has 2 aromatic rings. The molecule has 0 amide bonds. The number of benzene rings is 1. The van der Waals surface area contributed by atoms with E-state index < -0.39 is 0 Å². The molecule has 0 saturated heterocycles. The summed E-state index contributed by atoms with van der Waals surface area (Å²) >= 11 is 5.21. The minimum absolute atomic E-state index is 0.166. The van der Waals surface area contributed by atoms with E-state index in [1.54, 1.807) is 23.5 Å². The number of nitrogens with one attached hydrogen (secondary N) is 1. The second-order valence-corrected chi connectivity index (χ2v) is 6.77. The molecule has 1 heterocycles. The van der Waals surface area contributed by atoms with Gasteiger partial charge < -0.3 is 5.32 Å². The van der Waals surface area contributed by atoms with Gasteiger partial charge in [0.05, 0.1) is 3.79 Å².